The van der Waals surface area contributed by atoms with Crippen LogP contribution in [0.25, 0.3) is 0 Å². The molecule has 0 spiro atoms. The van der Waals surface area contributed by atoms with Gasteiger partial charge in [-0.15, -0.1) is 0 Å². The van der Waals surface area contributed by atoms with Crippen molar-refractivity contribution in [3.8, 4) is 5.75 Å². The van der Waals surface area contributed by atoms with Crippen LogP contribution in [0.1, 0.15) is 23.7 Å². The van der Waals surface area contributed by atoms with Crippen LogP contribution in [0.2, 0.25) is 0 Å². The lowest BCUT2D eigenvalue weighted by molar-refractivity contribution is 0.0692. The maximum atomic E-state index is 11.9. The van der Waals surface area contributed by atoms with Crippen molar-refractivity contribution < 1.29 is 28.2 Å². The number of rotatable bonds is 8. The first kappa shape index (κ1) is 16.4. The molecule has 3 N–H and O–H groups in total. The van der Waals surface area contributed by atoms with Gasteiger partial charge in [0.2, 0.25) is 10.0 Å². The van der Waals surface area contributed by atoms with E-state index in [-0.39, 0.29) is 42.4 Å². The number of aliphatic hydroxyl groups excluding tert-OH is 1. The summed E-state index contributed by atoms with van der Waals surface area (Å²) in [4.78, 5) is 11.0. The first-order valence-electron chi connectivity index (χ1n) is 6.03. The fraction of sp³-hybridized carbons (Fsp3) is 0.417. The van der Waals surface area contributed by atoms with Crippen LogP contribution in [-0.4, -0.2) is 44.4 Å². The zero-order valence-corrected chi connectivity index (χ0v) is 11.8. The fourth-order valence-corrected chi connectivity index (χ4v) is 2.59. The van der Waals surface area contributed by atoms with Crippen LogP contribution < -0.4 is 9.46 Å². The first-order valence-corrected chi connectivity index (χ1v) is 7.51. The SMILES string of the molecule is CCOc1ccc(S(=O)(=O)NCCCO)cc1C(=O)O. The molecule has 1 aromatic rings. The topological polar surface area (TPSA) is 113 Å². The molecule has 0 atom stereocenters. The van der Waals surface area contributed by atoms with Gasteiger partial charge in [-0.2, -0.15) is 0 Å². The van der Waals surface area contributed by atoms with E-state index in [9.17, 15) is 13.2 Å². The van der Waals surface area contributed by atoms with Crippen LogP contribution in [0, 0.1) is 0 Å². The van der Waals surface area contributed by atoms with Crippen LogP contribution in [0.3, 0.4) is 0 Å². The third kappa shape index (κ3) is 4.19. The molecule has 112 valence electrons. The molecule has 0 saturated carbocycles. The normalized spacial score (nSPS) is 11.3. The van der Waals surface area contributed by atoms with Gasteiger partial charge in [0.25, 0.3) is 0 Å². The highest BCUT2D eigenvalue weighted by Gasteiger charge is 2.19. The molecule has 8 heteroatoms. The van der Waals surface area contributed by atoms with Crippen LogP contribution in [-0.2, 0) is 10.0 Å². The molecule has 7 nitrogen and oxygen atoms in total. The Balaban J connectivity index is 3.07. The molecule has 20 heavy (non-hydrogen) atoms. The van der Waals surface area contributed by atoms with Gasteiger partial charge in [0.05, 0.1) is 11.5 Å². The van der Waals surface area contributed by atoms with Crippen LogP contribution >= 0.6 is 0 Å². The number of nitrogens with one attached hydrogen (secondary N) is 1. The molecule has 1 rings (SSSR count). The van der Waals surface area contributed by atoms with Crippen molar-refractivity contribution in [2.45, 2.75) is 18.2 Å². The van der Waals surface area contributed by atoms with Crippen molar-refractivity contribution in [1.29, 1.82) is 0 Å². The average Bonchev–Trinajstić information content (AvgIpc) is 2.39. The van der Waals surface area contributed by atoms with E-state index < -0.39 is 16.0 Å². The summed E-state index contributed by atoms with van der Waals surface area (Å²) < 4.78 is 31.3. The average molecular weight is 303 g/mol. The first-order chi connectivity index (χ1) is 9.42. The number of carbonyl (C=O) groups is 1. The Bertz CT molecular complexity index is 569. The Kier molecular flexibility index (Phi) is 5.93. The summed E-state index contributed by atoms with van der Waals surface area (Å²) in [5, 5.41) is 17.7. The van der Waals surface area contributed by atoms with Gasteiger partial charge in [-0.3, -0.25) is 0 Å². The number of aliphatic hydroxyl groups is 1. The van der Waals surface area contributed by atoms with Crippen molar-refractivity contribution in [3.63, 3.8) is 0 Å². The molecule has 0 amide bonds. The highest BCUT2D eigenvalue weighted by atomic mass is 32.2. The van der Waals surface area contributed by atoms with Crippen molar-refractivity contribution in [1.82, 2.24) is 4.72 Å². The quantitative estimate of drug-likeness (QED) is 0.601. The summed E-state index contributed by atoms with van der Waals surface area (Å²) in [7, 11) is -3.80. The second-order valence-corrected chi connectivity index (χ2v) is 5.64. The highest BCUT2D eigenvalue weighted by molar-refractivity contribution is 7.89. The summed E-state index contributed by atoms with van der Waals surface area (Å²) in [5.41, 5.74) is -0.211. The van der Waals surface area contributed by atoms with E-state index in [1.807, 2.05) is 0 Å². The van der Waals surface area contributed by atoms with E-state index in [4.69, 9.17) is 14.9 Å². The third-order valence-corrected chi connectivity index (χ3v) is 3.88. The van der Waals surface area contributed by atoms with Crippen molar-refractivity contribution in [2.24, 2.45) is 0 Å². The molecule has 0 heterocycles. The summed E-state index contributed by atoms with van der Waals surface area (Å²) in [6.07, 6.45) is 0.280. The smallest absolute Gasteiger partial charge is 0.339 e. The second kappa shape index (κ2) is 7.22. The minimum Gasteiger partial charge on any atom is -0.493 e. The molecule has 0 radical (unpaired) electrons. The lowest BCUT2D eigenvalue weighted by Crippen LogP contribution is -2.25. The Hall–Kier alpha value is -1.64. The van der Waals surface area contributed by atoms with Gasteiger partial charge in [0.1, 0.15) is 11.3 Å². The van der Waals surface area contributed by atoms with Crippen molar-refractivity contribution in [3.05, 3.63) is 23.8 Å². The van der Waals surface area contributed by atoms with E-state index >= 15 is 0 Å². The minimum absolute atomic E-state index is 0.0778. The molecule has 0 bridgehead atoms. The summed E-state index contributed by atoms with van der Waals surface area (Å²) in [6, 6.07) is 3.64. The van der Waals surface area contributed by atoms with Gasteiger partial charge in [0.15, 0.2) is 0 Å². The molecule has 0 aliphatic heterocycles. The number of hydrogen-bond acceptors (Lipinski definition) is 5. The molecular weight excluding hydrogens is 286 g/mol. The number of benzene rings is 1. The molecule has 1 aromatic carbocycles. The van der Waals surface area contributed by atoms with Crippen molar-refractivity contribution in [2.75, 3.05) is 19.8 Å². The van der Waals surface area contributed by atoms with E-state index in [1.54, 1.807) is 6.92 Å². The monoisotopic (exact) mass is 303 g/mol. The van der Waals surface area contributed by atoms with Crippen LogP contribution in [0.5, 0.6) is 5.75 Å². The predicted molar refractivity (Wildman–Crippen MR) is 71.5 cm³/mol. The molecule has 0 unspecified atom stereocenters. The standard InChI is InChI=1S/C12H17NO6S/c1-2-19-11-5-4-9(8-10(11)12(15)16)20(17,18)13-6-3-7-14/h4-5,8,13-14H,2-3,6-7H2,1H3,(H,15,16). The van der Waals surface area contributed by atoms with Gasteiger partial charge in [0, 0.05) is 13.2 Å². The summed E-state index contributed by atoms with van der Waals surface area (Å²) in [5.74, 6) is -1.14. The molecule has 0 aliphatic carbocycles. The van der Waals surface area contributed by atoms with Crippen LogP contribution in [0.4, 0.5) is 0 Å². The van der Waals surface area contributed by atoms with Gasteiger partial charge in [-0.05, 0) is 31.5 Å². The fourth-order valence-electron chi connectivity index (χ4n) is 1.49. The molecule has 0 fully saturated rings. The van der Waals surface area contributed by atoms with Crippen molar-refractivity contribution >= 4 is 16.0 Å². The lowest BCUT2D eigenvalue weighted by atomic mass is 10.2. The number of carboxylic acids is 1. The number of hydrogen-bond donors (Lipinski definition) is 3. The molecule has 0 aliphatic rings. The van der Waals surface area contributed by atoms with E-state index in [0.717, 1.165) is 6.07 Å². The highest BCUT2D eigenvalue weighted by Crippen LogP contribution is 2.22. The Morgan fingerprint density at radius 1 is 1.40 bits per heavy atom. The Morgan fingerprint density at radius 2 is 2.10 bits per heavy atom. The Morgan fingerprint density at radius 3 is 2.65 bits per heavy atom. The number of sulfonamides is 1. The van der Waals surface area contributed by atoms with Gasteiger partial charge in [-0.1, -0.05) is 0 Å². The van der Waals surface area contributed by atoms with Gasteiger partial charge < -0.3 is 14.9 Å². The van der Waals surface area contributed by atoms with Gasteiger partial charge in [-0.25, -0.2) is 17.9 Å². The molecule has 0 saturated heterocycles. The lowest BCUT2D eigenvalue weighted by Gasteiger charge is -2.10. The molecular formula is C12H17NO6S. The molecule has 0 aromatic heterocycles. The van der Waals surface area contributed by atoms with E-state index in [2.05, 4.69) is 4.72 Å². The number of aromatic carboxylic acids is 1. The third-order valence-electron chi connectivity index (χ3n) is 2.42. The zero-order chi connectivity index (χ0) is 15.2. The number of ether oxygens (including phenoxy) is 1. The van der Waals surface area contributed by atoms with Gasteiger partial charge >= 0.3 is 5.97 Å². The summed E-state index contributed by atoms with van der Waals surface area (Å²) >= 11 is 0. The zero-order valence-electron chi connectivity index (χ0n) is 11.0. The number of carboxylic acid groups (broad SMARTS) is 1. The maximum absolute atomic E-state index is 11.9. The summed E-state index contributed by atoms with van der Waals surface area (Å²) in [6.45, 7) is 1.93. The maximum Gasteiger partial charge on any atom is 0.339 e. The van der Waals surface area contributed by atoms with Crippen LogP contribution in [0.15, 0.2) is 23.1 Å². The second-order valence-electron chi connectivity index (χ2n) is 3.87. The largest absolute Gasteiger partial charge is 0.493 e. The Labute approximate surface area is 117 Å². The minimum atomic E-state index is -3.80. The predicted octanol–water partition coefficient (Wildman–Crippen LogP) is 0.444. The van der Waals surface area contributed by atoms with E-state index in [1.165, 1.54) is 12.1 Å². The van der Waals surface area contributed by atoms with E-state index in [0.29, 0.717) is 0 Å².